The fourth-order valence-corrected chi connectivity index (χ4v) is 1.81. The maximum absolute atomic E-state index is 2.55. The van der Waals surface area contributed by atoms with Gasteiger partial charge >= 0.3 is 0 Å². The number of rotatable bonds is 1. The lowest BCUT2D eigenvalue weighted by Gasteiger charge is -2.37. The Kier molecular flexibility index (Phi) is 2.35. The molecule has 0 bridgehead atoms. The summed E-state index contributed by atoms with van der Waals surface area (Å²) in [6.07, 6.45) is 2.80. The van der Waals surface area contributed by atoms with Crippen molar-refractivity contribution < 1.29 is 0 Å². The highest BCUT2D eigenvalue weighted by Crippen LogP contribution is 2.27. The number of hydrogen-bond donors (Lipinski definition) is 0. The third-order valence-corrected chi connectivity index (χ3v) is 2.43. The van der Waals surface area contributed by atoms with Crippen molar-refractivity contribution in [2.45, 2.75) is 33.6 Å². The van der Waals surface area contributed by atoms with Crippen LogP contribution in [0.3, 0.4) is 0 Å². The van der Waals surface area contributed by atoms with Crippen molar-refractivity contribution in [1.29, 1.82) is 0 Å². The molecule has 0 aliphatic carbocycles. The maximum atomic E-state index is 2.55. The van der Waals surface area contributed by atoms with E-state index in [1.807, 2.05) is 0 Å². The second-order valence-electron chi connectivity index (χ2n) is 4.14. The molecule has 0 aromatic carbocycles. The molecule has 1 fully saturated rings. The molecule has 0 aromatic heterocycles. The Balaban J connectivity index is 2.40. The standard InChI is InChI=1S/C9H19N/c1-4-10-7-5-6-9(2,3)8-10/h4-8H2,1-3H3. The van der Waals surface area contributed by atoms with Crippen LogP contribution in [-0.4, -0.2) is 24.5 Å². The summed E-state index contributed by atoms with van der Waals surface area (Å²) in [5.74, 6) is 0. The smallest absolute Gasteiger partial charge is 0.00326 e. The summed E-state index contributed by atoms with van der Waals surface area (Å²) in [6, 6.07) is 0. The minimum atomic E-state index is 0.578. The van der Waals surface area contributed by atoms with Gasteiger partial charge in [0.05, 0.1) is 0 Å². The second-order valence-corrected chi connectivity index (χ2v) is 4.14. The minimum Gasteiger partial charge on any atom is -0.303 e. The van der Waals surface area contributed by atoms with Gasteiger partial charge in [0.2, 0.25) is 0 Å². The van der Waals surface area contributed by atoms with Gasteiger partial charge in [0, 0.05) is 6.54 Å². The molecule has 1 rings (SSSR count). The lowest BCUT2D eigenvalue weighted by atomic mass is 9.84. The van der Waals surface area contributed by atoms with Crippen LogP contribution in [0.25, 0.3) is 0 Å². The molecule has 10 heavy (non-hydrogen) atoms. The van der Waals surface area contributed by atoms with E-state index in [-0.39, 0.29) is 0 Å². The van der Waals surface area contributed by atoms with Gasteiger partial charge < -0.3 is 4.90 Å². The number of nitrogens with zero attached hydrogens (tertiary/aromatic N) is 1. The average Bonchev–Trinajstić information content (AvgIpc) is 1.86. The zero-order valence-electron chi connectivity index (χ0n) is 7.48. The van der Waals surface area contributed by atoms with Crippen molar-refractivity contribution in [3.05, 3.63) is 0 Å². The van der Waals surface area contributed by atoms with E-state index in [0.29, 0.717) is 5.41 Å². The molecule has 60 valence electrons. The molecule has 1 saturated heterocycles. The first-order chi connectivity index (χ1) is 4.64. The number of likely N-dealkylation sites (tertiary alicyclic amines) is 1. The first kappa shape index (κ1) is 8.06. The Morgan fingerprint density at radius 3 is 2.50 bits per heavy atom. The molecule has 1 heteroatoms. The molecule has 0 radical (unpaired) electrons. The molecule has 1 aliphatic heterocycles. The van der Waals surface area contributed by atoms with Crippen LogP contribution in [0.4, 0.5) is 0 Å². The molecule has 1 aliphatic rings. The van der Waals surface area contributed by atoms with E-state index >= 15 is 0 Å². The van der Waals surface area contributed by atoms with Gasteiger partial charge in [-0.05, 0) is 31.3 Å². The molecule has 1 heterocycles. The topological polar surface area (TPSA) is 3.24 Å². The van der Waals surface area contributed by atoms with Gasteiger partial charge in [-0.1, -0.05) is 20.8 Å². The van der Waals surface area contributed by atoms with E-state index < -0.39 is 0 Å². The van der Waals surface area contributed by atoms with Gasteiger partial charge in [-0.15, -0.1) is 0 Å². The van der Waals surface area contributed by atoms with Crippen molar-refractivity contribution in [3.8, 4) is 0 Å². The Bertz CT molecular complexity index is 107. The second kappa shape index (κ2) is 2.91. The molecular weight excluding hydrogens is 122 g/mol. The first-order valence-corrected chi connectivity index (χ1v) is 4.36. The van der Waals surface area contributed by atoms with Crippen LogP contribution >= 0.6 is 0 Å². The van der Waals surface area contributed by atoms with Crippen molar-refractivity contribution in [3.63, 3.8) is 0 Å². The van der Waals surface area contributed by atoms with Crippen molar-refractivity contribution >= 4 is 0 Å². The zero-order valence-corrected chi connectivity index (χ0v) is 7.48. The summed E-state index contributed by atoms with van der Waals surface area (Å²) in [6.45, 7) is 10.8. The molecule has 0 aromatic rings. The van der Waals surface area contributed by atoms with Crippen LogP contribution in [0, 0.1) is 5.41 Å². The molecule has 1 nitrogen and oxygen atoms in total. The van der Waals surface area contributed by atoms with E-state index in [2.05, 4.69) is 25.7 Å². The van der Waals surface area contributed by atoms with E-state index in [1.165, 1.54) is 32.5 Å². The van der Waals surface area contributed by atoms with Gasteiger partial charge in [0.25, 0.3) is 0 Å². The van der Waals surface area contributed by atoms with Crippen molar-refractivity contribution in [1.82, 2.24) is 4.90 Å². The molecule has 0 amide bonds. The Hall–Kier alpha value is -0.0400. The molecule has 0 saturated carbocycles. The van der Waals surface area contributed by atoms with Crippen LogP contribution in [0.2, 0.25) is 0 Å². The van der Waals surface area contributed by atoms with Crippen LogP contribution in [0.15, 0.2) is 0 Å². The Morgan fingerprint density at radius 1 is 1.40 bits per heavy atom. The molecule has 0 atom stereocenters. The van der Waals surface area contributed by atoms with Crippen LogP contribution in [0.1, 0.15) is 33.6 Å². The maximum Gasteiger partial charge on any atom is 0.00326 e. The van der Waals surface area contributed by atoms with Gasteiger partial charge in [-0.2, -0.15) is 0 Å². The minimum absolute atomic E-state index is 0.578. The van der Waals surface area contributed by atoms with Crippen molar-refractivity contribution in [2.24, 2.45) is 5.41 Å². The average molecular weight is 141 g/mol. The summed E-state index contributed by atoms with van der Waals surface area (Å²) >= 11 is 0. The highest BCUT2D eigenvalue weighted by Gasteiger charge is 2.24. The van der Waals surface area contributed by atoms with Crippen molar-refractivity contribution in [2.75, 3.05) is 19.6 Å². The normalized spacial score (nSPS) is 26.7. The summed E-state index contributed by atoms with van der Waals surface area (Å²) < 4.78 is 0. The SMILES string of the molecule is CCN1CCCC(C)(C)C1. The fraction of sp³-hybridized carbons (Fsp3) is 1.00. The summed E-state index contributed by atoms with van der Waals surface area (Å²) in [7, 11) is 0. The van der Waals surface area contributed by atoms with Crippen LogP contribution in [0.5, 0.6) is 0 Å². The summed E-state index contributed by atoms with van der Waals surface area (Å²) in [5, 5.41) is 0. The summed E-state index contributed by atoms with van der Waals surface area (Å²) in [5.41, 5.74) is 0.578. The highest BCUT2D eigenvalue weighted by atomic mass is 15.1. The van der Waals surface area contributed by atoms with Gasteiger partial charge in [-0.25, -0.2) is 0 Å². The molecule has 0 N–H and O–H groups in total. The van der Waals surface area contributed by atoms with Gasteiger partial charge in [0.1, 0.15) is 0 Å². The van der Waals surface area contributed by atoms with E-state index in [4.69, 9.17) is 0 Å². The zero-order chi connectivity index (χ0) is 7.61. The third kappa shape index (κ3) is 1.98. The Labute approximate surface area is 64.4 Å². The lowest BCUT2D eigenvalue weighted by Crippen LogP contribution is -2.39. The van der Waals surface area contributed by atoms with Gasteiger partial charge in [0.15, 0.2) is 0 Å². The fourth-order valence-electron chi connectivity index (χ4n) is 1.81. The van der Waals surface area contributed by atoms with E-state index in [1.54, 1.807) is 0 Å². The molecular formula is C9H19N. The quantitative estimate of drug-likeness (QED) is 0.540. The highest BCUT2D eigenvalue weighted by molar-refractivity contribution is 4.78. The largest absolute Gasteiger partial charge is 0.303 e. The summed E-state index contributed by atoms with van der Waals surface area (Å²) in [4.78, 5) is 2.55. The number of piperidine rings is 1. The van der Waals surface area contributed by atoms with Crippen LogP contribution < -0.4 is 0 Å². The lowest BCUT2D eigenvalue weighted by molar-refractivity contribution is 0.123. The Morgan fingerprint density at radius 2 is 2.10 bits per heavy atom. The number of hydrogen-bond acceptors (Lipinski definition) is 1. The third-order valence-electron chi connectivity index (χ3n) is 2.43. The van der Waals surface area contributed by atoms with E-state index in [0.717, 1.165) is 0 Å². The first-order valence-electron chi connectivity index (χ1n) is 4.36. The van der Waals surface area contributed by atoms with Gasteiger partial charge in [-0.3, -0.25) is 0 Å². The predicted octanol–water partition coefficient (Wildman–Crippen LogP) is 2.13. The monoisotopic (exact) mass is 141 g/mol. The van der Waals surface area contributed by atoms with Crippen LogP contribution in [-0.2, 0) is 0 Å². The van der Waals surface area contributed by atoms with E-state index in [9.17, 15) is 0 Å². The predicted molar refractivity (Wildman–Crippen MR) is 45.1 cm³/mol. The molecule has 0 spiro atoms. The molecule has 0 unspecified atom stereocenters.